The molecule has 3 heteroatoms. The van der Waals surface area contributed by atoms with Crippen LogP contribution < -0.4 is 0 Å². The minimum absolute atomic E-state index is 0. The lowest BCUT2D eigenvalue weighted by atomic mass is 9.71. The summed E-state index contributed by atoms with van der Waals surface area (Å²) >= 11 is 0. The van der Waals surface area contributed by atoms with Gasteiger partial charge in [0.15, 0.2) is 0 Å². The average Bonchev–Trinajstić information content (AvgIpc) is 3.44. The maximum atomic E-state index is 10.0. The van der Waals surface area contributed by atoms with Crippen LogP contribution in [0.5, 0.6) is 0 Å². The Bertz CT molecular complexity index is 888. The summed E-state index contributed by atoms with van der Waals surface area (Å²) in [5.74, 6) is 0.890. The number of rotatable bonds is 3. The first-order valence-corrected chi connectivity index (χ1v) is 18.2. The van der Waals surface area contributed by atoms with Crippen molar-refractivity contribution in [2.24, 2.45) is 49.7 Å². The van der Waals surface area contributed by atoms with E-state index in [2.05, 4.69) is 151 Å². The summed E-state index contributed by atoms with van der Waals surface area (Å²) < 4.78 is 5.83. The molecule has 5 unspecified atom stereocenters. The monoisotopic (exact) mass is 735 g/mol. The van der Waals surface area contributed by atoms with Crippen molar-refractivity contribution in [3.8, 4) is 0 Å². The third kappa shape index (κ3) is 26.9. The van der Waals surface area contributed by atoms with Gasteiger partial charge in [-0.1, -0.05) is 215 Å². The summed E-state index contributed by atoms with van der Waals surface area (Å²) in [6.45, 7) is 59.0. The largest absolute Gasteiger partial charge is 0.390 e. The summed E-state index contributed by atoms with van der Waals surface area (Å²) in [6.07, 6.45) is 3.42. The fourth-order valence-corrected chi connectivity index (χ4v) is 4.97. The van der Waals surface area contributed by atoms with E-state index in [1.807, 2.05) is 34.6 Å². The summed E-state index contributed by atoms with van der Waals surface area (Å²) in [7, 11) is 0. The molecule has 0 aromatic carbocycles. The predicted octanol–water partition coefficient (Wildman–Crippen LogP) is 16.3. The number of aliphatic hydroxyl groups excluding tert-OH is 1. The second kappa shape index (κ2) is 22.9. The van der Waals surface area contributed by atoms with Crippen molar-refractivity contribution in [2.75, 3.05) is 0 Å². The van der Waals surface area contributed by atoms with Crippen LogP contribution in [0.1, 0.15) is 230 Å². The second-order valence-corrected chi connectivity index (χ2v) is 22.8. The molecular formula is C48H110O3. The normalized spacial score (nSPS) is 20.4. The Kier molecular flexibility index (Phi) is 30.8. The van der Waals surface area contributed by atoms with Crippen molar-refractivity contribution in [3.05, 3.63) is 11.6 Å². The molecule has 1 saturated heterocycles. The Morgan fingerprint density at radius 1 is 0.667 bits per heavy atom. The molecule has 0 amide bonds. The highest BCUT2D eigenvalue weighted by molar-refractivity contribution is 5.11. The van der Waals surface area contributed by atoms with Gasteiger partial charge in [-0.05, 0) is 76.9 Å². The molecule has 1 heterocycles. The first kappa shape index (κ1) is 68.6. The quantitative estimate of drug-likeness (QED) is 0.224. The molecule has 5 atom stereocenters. The lowest BCUT2D eigenvalue weighted by Gasteiger charge is -2.42. The molecule has 0 saturated carbocycles. The number of epoxide rings is 1. The van der Waals surface area contributed by atoms with Gasteiger partial charge >= 0.3 is 0 Å². The van der Waals surface area contributed by atoms with Gasteiger partial charge in [0.2, 0.25) is 0 Å². The van der Waals surface area contributed by atoms with Gasteiger partial charge in [0.1, 0.15) is 0 Å². The van der Waals surface area contributed by atoms with E-state index in [-0.39, 0.29) is 64.9 Å². The van der Waals surface area contributed by atoms with Crippen LogP contribution in [0.25, 0.3) is 0 Å². The van der Waals surface area contributed by atoms with E-state index in [9.17, 15) is 10.2 Å². The van der Waals surface area contributed by atoms with Gasteiger partial charge in [-0.3, -0.25) is 0 Å². The molecule has 1 rings (SSSR count). The Hall–Kier alpha value is -0.380. The van der Waals surface area contributed by atoms with Crippen LogP contribution in [-0.2, 0) is 4.74 Å². The lowest BCUT2D eigenvalue weighted by Crippen LogP contribution is -2.52. The Labute approximate surface area is 329 Å². The van der Waals surface area contributed by atoms with Gasteiger partial charge in [0, 0.05) is 0 Å². The van der Waals surface area contributed by atoms with Crippen LogP contribution >= 0.6 is 0 Å². The highest BCUT2D eigenvalue weighted by atomic mass is 16.6. The molecule has 0 aliphatic carbocycles. The Balaban J connectivity index is -0.0000000781. The van der Waals surface area contributed by atoms with E-state index in [1.54, 1.807) is 6.92 Å². The lowest BCUT2D eigenvalue weighted by molar-refractivity contribution is -0.143. The molecule has 2 N–H and O–H groups in total. The molecule has 0 bridgehead atoms. The molecule has 3 nitrogen and oxygen atoms in total. The van der Waals surface area contributed by atoms with E-state index < -0.39 is 11.7 Å². The maximum absolute atomic E-state index is 10.0. The molecule has 0 radical (unpaired) electrons. The van der Waals surface area contributed by atoms with Gasteiger partial charge < -0.3 is 14.9 Å². The first-order chi connectivity index (χ1) is 19.4. The van der Waals surface area contributed by atoms with Gasteiger partial charge in [0.05, 0.1) is 23.4 Å². The molecule has 1 aliphatic heterocycles. The van der Waals surface area contributed by atoms with Crippen LogP contribution in [0.3, 0.4) is 0 Å². The molecular weight excluding hydrogens is 625 g/mol. The van der Waals surface area contributed by atoms with E-state index in [0.29, 0.717) is 27.8 Å². The second-order valence-electron chi connectivity index (χ2n) is 22.8. The molecule has 320 valence electrons. The predicted molar refractivity (Wildman–Crippen MR) is 242 cm³/mol. The van der Waals surface area contributed by atoms with Crippen molar-refractivity contribution < 1.29 is 14.9 Å². The fraction of sp³-hybridized carbons (Fsp3) is 0.958. The van der Waals surface area contributed by atoms with E-state index in [4.69, 9.17) is 4.74 Å². The average molecular weight is 735 g/mol. The highest BCUT2D eigenvalue weighted by Crippen LogP contribution is 2.56. The fourth-order valence-electron chi connectivity index (χ4n) is 4.97. The number of ether oxygens (including phenoxy) is 1. The number of allylic oxidation sites excluding steroid dienone is 2. The van der Waals surface area contributed by atoms with Crippen molar-refractivity contribution in [1.29, 1.82) is 0 Å². The smallest absolute Gasteiger partial charge is 0.0973 e. The maximum Gasteiger partial charge on any atom is 0.0973 e. The summed E-state index contributed by atoms with van der Waals surface area (Å²) in [4.78, 5) is 0. The standard InChI is InChI=1S/C11H22O.C11H24.C11H22.C10H22O2.5CH4/c1-9(2,3)8-11(7,12-8)10(4,5)6;2*1-9(11(5,6)7)8-10(2,3)4;1-7(2)8(11)10(6,12)9(3,4)5;;;;;/h8H,1-7H3;9H,8H2,1-7H3;8H,1-7H3;7-8,11-12H,1-6H3;5*1H4. The Morgan fingerprint density at radius 2 is 1.00 bits per heavy atom. The van der Waals surface area contributed by atoms with E-state index in [1.165, 1.54) is 12.0 Å². The summed E-state index contributed by atoms with van der Waals surface area (Å²) in [5.41, 5.74) is 2.37. The van der Waals surface area contributed by atoms with Gasteiger partial charge in [-0.2, -0.15) is 0 Å². The first-order valence-electron chi connectivity index (χ1n) is 18.2. The molecule has 0 spiro atoms. The third-order valence-corrected chi connectivity index (χ3v) is 10.0. The molecule has 0 aromatic heterocycles. The van der Waals surface area contributed by atoms with Crippen LogP contribution in [0.4, 0.5) is 0 Å². The molecule has 51 heavy (non-hydrogen) atoms. The van der Waals surface area contributed by atoms with Gasteiger partial charge in [0.25, 0.3) is 0 Å². The molecule has 0 aromatic rings. The van der Waals surface area contributed by atoms with Crippen molar-refractivity contribution >= 4 is 0 Å². The van der Waals surface area contributed by atoms with Crippen molar-refractivity contribution in [1.82, 2.24) is 0 Å². The van der Waals surface area contributed by atoms with E-state index in [0.717, 1.165) is 5.92 Å². The van der Waals surface area contributed by atoms with Crippen LogP contribution in [0, 0.1) is 49.7 Å². The van der Waals surface area contributed by atoms with Crippen LogP contribution in [-0.4, -0.2) is 33.6 Å². The minimum Gasteiger partial charge on any atom is -0.390 e. The zero-order valence-corrected chi connectivity index (χ0v) is 36.9. The third-order valence-electron chi connectivity index (χ3n) is 10.0. The van der Waals surface area contributed by atoms with E-state index >= 15 is 0 Å². The Morgan fingerprint density at radius 3 is 1.08 bits per heavy atom. The van der Waals surface area contributed by atoms with Crippen molar-refractivity contribution in [3.63, 3.8) is 0 Å². The highest BCUT2D eigenvalue weighted by Gasteiger charge is 2.63. The number of hydrogen-bond donors (Lipinski definition) is 2. The number of hydrogen-bond acceptors (Lipinski definition) is 3. The van der Waals surface area contributed by atoms with Gasteiger partial charge in [-0.15, -0.1) is 0 Å². The zero-order valence-electron chi connectivity index (χ0n) is 36.9. The summed E-state index contributed by atoms with van der Waals surface area (Å²) in [5, 5.41) is 19.8. The minimum atomic E-state index is -1.03. The zero-order chi connectivity index (χ0) is 38.5. The SMILES string of the molecule is C.C.C.C.C.CC(=CC(C)(C)C)C(C)(C)C.CC(C)(C)C1OC1(C)C(C)(C)C.CC(C)C(O)C(C)(O)C(C)(C)C.CC(CC(C)(C)C)C(C)(C)C. The van der Waals surface area contributed by atoms with Crippen LogP contribution in [0.2, 0.25) is 0 Å². The molecule has 1 fully saturated rings. The number of aliphatic hydroxyl groups is 2. The topological polar surface area (TPSA) is 53.0 Å². The molecule has 1 aliphatic rings. The summed E-state index contributed by atoms with van der Waals surface area (Å²) in [6, 6.07) is 0. The van der Waals surface area contributed by atoms with Gasteiger partial charge in [-0.25, -0.2) is 0 Å². The van der Waals surface area contributed by atoms with Crippen molar-refractivity contribution in [2.45, 2.75) is 254 Å². The van der Waals surface area contributed by atoms with Crippen LogP contribution in [0.15, 0.2) is 11.6 Å².